The second-order valence-electron chi connectivity index (χ2n) is 4.94. The first kappa shape index (κ1) is 14.0. The van der Waals surface area contributed by atoms with Crippen molar-refractivity contribution in [3.63, 3.8) is 0 Å². The number of carbonyl (C=O) groups is 2. The summed E-state index contributed by atoms with van der Waals surface area (Å²) in [6.45, 7) is 7.52. The highest BCUT2D eigenvalue weighted by Crippen LogP contribution is 2.32. The monoisotopic (exact) mass is 243 g/mol. The molecule has 5 atom stereocenters. The van der Waals surface area contributed by atoms with Crippen LogP contribution in [0.4, 0.5) is 0 Å². The van der Waals surface area contributed by atoms with Gasteiger partial charge in [0.1, 0.15) is 0 Å². The highest BCUT2D eigenvalue weighted by molar-refractivity contribution is 5.80. The Kier molecular flexibility index (Phi) is 4.51. The molecule has 17 heavy (non-hydrogen) atoms. The Balaban J connectivity index is 2.55. The number of ether oxygens (including phenoxy) is 1. The Hall–Kier alpha value is -1.10. The number of carboxylic acids is 1. The van der Waals surface area contributed by atoms with Crippen molar-refractivity contribution in [2.45, 2.75) is 52.4 Å². The SMILES string of the molecule is CC(CC(=O)O)NC(=O)C1C(C)OC(C)C1C. The van der Waals surface area contributed by atoms with Gasteiger partial charge in [-0.2, -0.15) is 0 Å². The number of carbonyl (C=O) groups excluding carboxylic acids is 1. The molecular weight excluding hydrogens is 222 g/mol. The van der Waals surface area contributed by atoms with Gasteiger partial charge in [-0.15, -0.1) is 0 Å². The quantitative estimate of drug-likeness (QED) is 0.773. The van der Waals surface area contributed by atoms with Crippen LogP contribution in [0, 0.1) is 11.8 Å². The number of hydrogen-bond donors (Lipinski definition) is 2. The third-order valence-corrected chi connectivity index (χ3v) is 3.41. The standard InChI is InChI=1S/C12H21NO4/c1-6(5-10(14)15)13-12(16)11-7(2)8(3)17-9(11)4/h6-9,11H,5H2,1-4H3,(H,13,16)(H,14,15). The number of carboxylic acid groups (broad SMARTS) is 1. The fourth-order valence-corrected chi connectivity index (χ4v) is 2.37. The van der Waals surface area contributed by atoms with Crippen LogP contribution in [0.5, 0.6) is 0 Å². The van der Waals surface area contributed by atoms with Crippen molar-refractivity contribution in [2.24, 2.45) is 11.8 Å². The van der Waals surface area contributed by atoms with Gasteiger partial charge in [0.05, 0.1) is 24.5 Å². The lowest BCUT2D eigenvalue weighted by atomic mass is 9.88. The zero-order chi connectivity index (χ0) is 13.2. The lowest BCUT2D eigenvalue weighted by Gasteiger charge is -2.20. The zero-order valence-electron chi connectivity index (χ0n) is 10.8. The molecule has 5 nitrogen and oxygen atoms in total. The van der Waals surface area contributed by atoms with E-state index in [4.69, 9.17) is 9.84 Å². The average molecular weight is 243 g/mol. The largest absolute Gasteiger partial charge is 0.481 e. The van der Waals surface area contributed by atoms with E-state index in [9.17, 15) is 9.59 Å². The van der Waals surface area contributed by atoms with E-state index in [-0.39, 0.29) is 42.4 Å². The summed E-state index contributed by atoms with van der Waals surface area (Å²) in [4.78, 5) is 22.5. The number of amides is 1. The molecule has 5 heteroatoms. The van der Waals surface area contributed by atoms with E-state index in [1.165, 1.54) is 0 Å². The molecule has 0 radical (unpaired) electrons. The predicted molar refractivity (Wildman–Crippen MR) is 62.5 cm³/mol. The lowest BCUT2D eigenvalue weighted by Crippen LogP contribution is -2.42. The van der Waals surface area contributed by atoms with E-state index < -0.39 is 5.97 Å². The van der Waals surface area contributed by atoms with Crippen LogP contribution in [0.3, 0.4) is 0 Å². The minimum Gasteiger partial charge on any atom is -0.481 e. The molecule has 1 saturated heterocycles. The second kappa shape index (κ2) is 5.49. The molecule has 1 heterocycles. The number of hydrogen-bond acceptors (Lipinski definition) is 3. The first-order chi connectivity index (χ1) is 7.82. The van der Waals surface area contributed by atoms with E-state index >= 15 is 0 Å². The van der Waals surface area contributed by atoms with Crippen molar-refractivity contribution in [3.05, 3.63) is 0 Å². The molecule has 0 aromatic rings. The van der Waals surface area contributed by atoms with Gasteiger partial charge in [0.15, 0.2) is 0 Å². The Morgan fingerprint density at radius 3 is 2.29 bits per heavy atom. The van der Waals surface area contributed by atoms with Gasteiger partial charge in [-0.25, -0.2) is 0 Å². The zero-order valence-corrected chi connectivity index (χ0v) is 10.8. The topological polar surface area (TPSA) is 75.6 Å². The Morgan fingerprint density at radius 2 is 1.88 bits per heavy atom. The Morgan fingerprint density at radius 1 is 1.29 bits per heavy atom. The summed E-state index contributed by atoms with van der Waals surface area (Å²) >= 11 is 0. The van der Waals surface area contributed by atoms with E-state index in [2.05, 4.69) is 5.32 Å². The summed E-state index contributed by atoms with van der Waals surface area (Å²) < 4.78 is 5.59. The van der Waals surface area contributed by atoms with Crippen molar-refractivity contribution in [3.8, 4) is 0 Å². The average Bonchev–Trinajstić information content (AvgIpc) is 2.39. The molecule has 0 aromatic carbocycles. The smallest absolute Gasteiger partial charge is 0.305 e. The van der Waals surface area contributed by atoms with Gasteiger partial charge >= 0.3 is 5.97 Å². The van der Waals surface area contributed by atoms with Crippen LogP contribution < -0.4 is 5.32 Å². The number of aliphatic carboxylic acids is 1. The van der Waals surface area contributed by atoms with Crippen LogP contribution in [-0.4, -0.2) is 35.2 Å². The molecule has 0 saturated carbocycles. The second-order valence-corrected chi connectivity index (χ2v) is 4.94. The molecule has 1 fully saturated rings. The Bertz CT molecular complexity index is 305. The lowest BCUT2D eigenvalue weighted by molar-refractivity contribution is -0.137. The van der Waals surface area contributed by atoms with Crippen molar-refractivity contribution in [1.82, 2.24) is 5.32 Å². The molecule has 1 aliphatic rings. The molecule has 98 valence electrons. The molecule has 1 aliphatic heterocycles. The predicted octanol–water partition coefficient (Wildman–Crippen LogP) is 1.03. The van der Waals surface area contributed by atoms with Gasteiger partial charge in [0, 0.05) is 6.04 Å². The first-order valence-corrected chi connectivity index (χ1v) is 6.00. The minimum absolute atomic E-state index is 0.0579. The third-order valence-electron chi connectivity index (χ3n) is 3.41. The molecular formula is C12H21NO4. The summed E-state index contributed by atoms with van der Waals surface area (Å²) in [5.74, 6) is -1.05. The highest BCUT2D eigenvalue weighted by atomic mass is 16.5. The molecule has 1 amide bonds. The van der Waals surface area contributed by atoms with Gasteiger partial charge < -0.3 is 15.2 Å². The van der Waals surface area contributed by atoms with Crippen LogP contribution in [0.1, 0.15) is 34.1 Å². The van der Waals surface area contributed by atoms with Gasteiger partial charge in [-0.05, 0) is 26.7 Å². The maximum Gasteiger partial charge on any atom is 0.305 e. The van der Waals surface area contributed by atoms with E-state index in [0.29, 0.717) is 0 Å². The molecule has 0 aromatic heterocycles. The van der Waals surface area contributed by atoms with Gasteiger partial charge in [0.2, 0.25) is 5.91 Å². The van der Waals surface area contributed by atoms with Gasteiger partial charge in [-0.1, -0.05) is 6.92 Å². The minimum atomic E-state index is -0.907. The van der Waals surface area contributed by atoms with E-state index in [0.717, 1.165) is 0 Å². The van der Waals surface area contributed by atoms with E-state index in [1.807, 2.05) is 20.8 Å². The highest BCUT2D eigenvalue weighted by Gasteiger charge is 2.41. The van der Waals surface area contributed by atoms with Crippen molar-refractivity contribution < 1.29 is 19.4 Å². The van der Waals surface area contributed by atoms with Gasteiger partial charge in [-0.3, -0.25) is 9.59 Å². The van der Waals surface area contributed by atoms with Crippen molar-refractivity contribution in [1.29, 1.82) is 0 Å². The fraction of sp³-hybridized carbons (Fsp3) is 0.833. The molecule has 1 rings (SSSR count). The summed E-state index contributed by atoms with van der Waals surface area (Å²) in [6, 6.07) is -0.352. The molecule has 0 bridgehead atoms. The molecule has 0 aliphatic carbocycles. The van der Waals surface area contributed by atoms with Gasteiger partial charge in [0.25, 0.3) is 0 Å². The third kappa shape index (κ3) is 3.43. The van der Waals surface area contributed by atoms with Crippen LogP contribution in [0.25, 0.3) is 0 Å². The number of nitrogens with one attached hydrogen (secondary N) is 1. The van der Waals surface area contributed by atoms with Crippen LogP contribution in [-0.2, 0) is 14.3 Å². The summed E-state index contributed by atoms with van der Waals surface area (Å²) in [7, 11) is 0. The Labute approximate surface area is 102 Å². The van der Waals surface area contributed by atoms with Crippen LogP contribution in [0.2, 0.25) is 0 Å². The maximum atomic E-state index is 12.0. The molecule has 2 N–H and O–H groups in total. The molecule has 5 unspecified atom stereocenters. The maximum absolute atomic E-state index is 12.0. The van der Waals surface area contributed by atoms with Crippen molar-refractivity contribution in [2.75, 3.05) is 0 Å². The number of rotatable bonds is 4. The summed E-state index contributed by atoms with van der Waals surface area (Å²) in [6.07, 6.45) is -0.106. The first-order valence-electron chi connectivity index (χ1n) is 6.00. The molecule has 0 spiro atoms. The summed E-state index contributed by atoms with van der Waals surface area (Å²) in [5, 5.41) is 11.4. The van der Waals surface area contributed by atoms with E-state index in [1.54, 1.807) is 6.92 Å². The fourth-order valence-electron chi connectivity index (χ4n) is 2.37. The van der Waals surface area contributed by atoms with Crippen LogP contribution in [0.15, 0.2) is 0 Å². The van der Waals surface area contributed by atoms with Crippen LogP contribution >= 0.6 is 0 Å². The normalized spacial score (nSPS) is 34.4. The summed E-state index contributed by atoms with van der Waals surface area (Å²) in [5.41, 5.74) is 0. The van der Waals surface area contributed by atoms with Crippen molar-refractivity contribution >= 4 is 11.9 Å².